The molecule has 0 aromatic heterocycles. The number of carbonyl (C=O) groups excluding carboxylic acids is 1. The molecule has 6 nitrogen and oxygen atoms in total. The van der Waals surface area contributed by atoms with Crippen molar-refractivity contribution in [2.75, 3.05) is 4.90 Å². The lowest BCUT2D eigenvalue weighted by molar-refractivity contribution is -0.384. The van der Waals surface area contributed by atoms with Crippen LogP contribution in [0.2, 0.25) is 0 Å². The Bertz CT molecular complexity index is 725. The molecule has 2 aromatic rings. The van der Waals surface area contributed by atoms with Gasteiger partial charge in [-0.15, -0.1) is 0 Å². The fraction of sp³-hybridized carbons (Fsp3) is 0.316. The minimum atomic E-state index is -0.447. The van der Waals surface area contributed by atoms with Crippen LogP contribution in [0, 0.1) is 10.1 Å². The lowest BCUT2D eigenvalue weighted by Gasteiger charge is -2.28. The second kappa shape index (κ2) is 7.79. The molecule has 0 N–H and O–H groups in total. The topological polar surface area (TPSA) is 72.7 Å². The summed E-state index contributed by atoms with van der Waals surface area (Å²) in [5, 5.41) is 10.8. The third-order valence-corrected chi connectivity index (χ3v) is 4.43. The third-order valence-electron chi connectivity index (χ3n) is 4.43. The molecule has 0 bridgehead atoms. The normalized spacial score (nSPS) is 14.2. The Kier molecular flexibility index (Phi) is 5.28. The minimum absolute atomic E-state index is 0.00720. The van der Waals surface area contributed by atoms with Crippen LogP contribution in [0.25, 0.3) is 0 Å². The van der Waals surface area contributed by atoms with Crippen LogP contribution in [0.1, 0.15) is 31.2 Å². The standard InChI is InChI=1S/C19H20N2O4/c22-19(25-14-15-6-2-1-3-7-15)20(16-8-4-5-9-16)17-10-12-18(13-11-17)21(23)24/h1-3,6-7,10-13,16H,4-5,8-9,14H2. The van der Waals surface area contributed by atoms with Gasteiger partial charge in [0.25, 0.3) is 5.69 Å². The van der Waals surface area contributed by atoms with E-state index >= 15 is 0 Å². The van der Waals surface area contributed by atoms with E-state index in [4.69, 9.17) is 4.74 Å². The van der Waals surface area contributed by atoms with E-state index in [1.165, 1.54) is 12.1 Å². The smallest absolute Gasteiger partial charge is 0.414 e. The molecule has 0 unspecified atom stereocenters. The van der Waals surface area contributed by atoms with Crippen LogP contribution in [-0.4, -0.2) is 17.1 Å². The highest BCUT2D eigenvalue weighted by Crippen LogP contribution is 2.30. The predicted molar refractivity (Wildman–Crippen MR) is 94.5 cm³/mol. The van der Waals surface area contributed by atoms with Gasteiger partial charge in [-0.1, -0.05) is 43.2 Å². The van der Waals surface area contributed by atoms with Crippen molar-refractivity contribution in [3.8, 4) is 0 Å². The van der Waals surface area contributed by atoms with Crippen LogP contribution in [-0.2, 0) is 11.3 Å². The molecule has 130 valence electrons. The van der Waals surface area contributed by atoms with Gasteiger partial charge in [-0.25, -0.2) is 4.79 Å². The number of amides is 1. The number of nitro groups is 1. The van der Waals surface area contributed by atoms with Crippen molar-refractivity contribution in [1.29, 1.82) is 0 Å². The number of hydrogen-bond acceptors (Lipinski definition) is 4. The van der Waals surface area contributed by atoms with Gasteiger partial charge in [0.1, 0.15) is 6.61 Å². The van der Waals surface area contributed by atoms with E-state index in [2.05, 4.69) is 0 Å². The van der Waals surface area contributed by atoms with E-state index in [1.807, 2.05) is 30.3 Å². The summed E-state index contributed by atoms with van der Waals surface area (Å²) in [6, 6.07) is 15.6. The molecule has 2 aromatic carbocycles. The molecular formula is C19H20N2O4. The first-order valence-electron chi connectivity index (χ1n) is 8.39. The SMILES string of the molecule is O=C(OCc1ccccc1)N(c1ccc([N+](=O)[O-])cc1)C1CCCC1. The Balaban J connectivity index is 1.76. The Hall–Kier alpha value is -2.89. The zero-order valence-electron chi connectivity index (χ0n) is 13.8. The molecule has 6 heteroatoms. The lowest BCUT2D eigenvalue weighted by Crippen LogP contribution is -2.39. The molecule has 0 spiro atoms. The van der Waals surface area contributed by atoms with Crippen molar-refractivity contribution >= 4 is 17.5 Å². The predicted octanol–water partition coefficient (Wildman–Crippen LogP) is 4.68. The molecule has 0 atom stereocenters. The fourth-order valence-corrected chi connectivity index (χ4v) is 3.15. The Labute approximate surface area is 146 Å². The second-order valence-corrected chi connectivity index (χ2v) is 6.12. The molecule has 0 radical (unpaired) electrons. The molecule has 0 heterocycles. The maximum Gasteiger partial charge on any atom is 0.414 e. The van der Waals surface area contributed by atoms with Gasteiger partial charge in [-0.2, -0.15) is 0 Å². The molecular weight excluding hydrogens is 320 g/mol. The van der Waals surface area contributed by atoms with Gasteiger partial charge in [0.2, 0.25) is 0 Å². The molecule has 3 rings (SSSR count). The summed E-state index contributed by atoms with van der Waals surface area (Å²) in [5.41, 5.74) is 1.56. The first kappa shape index (κ1) is 17.0. The van der Waals surface area contributed by atoms with Crippen LogP contribution in [0.4, 0.5) is 16.2 Å². The summed E-state index contributed by atoms with van der Waals surface area (Å²) >= 11 is 0. The average molecular weight is 340 g/mol. The number of non-ortho nitro benzene ring substituents is 1. The van der Waals surface area contributed by atoms with E-state index in [1.54, 1.807) is 17.0 Å². The van der Waals surface area contributed by atoms with Gasteiger partial charge in [-0.05, 0) is 30.5 Å². The zero-order chi connectivity index (χ0) is 17.6. The largest absolute Gasteiger partial charge is 0.444 e. The molecule has 0 saturated heterocycles. The number of carbonyl (C=O) groups is 1. The van der Waals surface area contributed by atoms with Gasteiger partial charge >= 0.3 is 6.09 Å². The number of anilines is 1. The molecule has 25 heavy (non-hydrogen) atoms. The summed E-state index contributed by atoms with van der Waals surface area (Å²) in [6.07, 6.45) is 3.55. The summed E-state index contributed by atoms with van der Waals surface area (Å²) in [5.74, 6) is 0. The quantitative estimate of drug-likeness (QED) is 0.585. The van der Waals surface area contributed by atoms with Gasteiger partial charge in [0.05, 0.1) is 4.92 Å². The van der Waals surface area contributed by atoms with Gasteiger partial charge in [0.15, 0.2) is 0 Å². The number of hydrogen-bond donors (Lipinski definition) is 0. The first-order valence-corrected chi connectivity index (χ1v) is 8.39. The number of benzene rings is 2. The molecule has 1 aliphatic rings. The summed E-state index contributed by atoms with van der Waals surface area (Å²) in [7, 11) is 0. The van der Waals surface area contributed by atoms with Crippen molar-refractivity contribution in [1.82, 2.24) is 0 Å². The van der Waals surface area contributed by atoms with Crippen LogP contribution in [0.5, 0.6) is 0 Å². The maximum absolute atomic E-state index is 12.7. The lowest BCUT2D eigenvalue weighted by atomic mass is 10.2. The van der Waals surface area contributed by atoms with Gasteiger partial charge in [0, 0.05) is 23.9 Å². The Morgan fingerprint density at radius 1 is 1.08 bits per heavy atom. The van der Waals surface area contributed by atoms with Gasteiger partial charge < -0.3 is 4.74 Å². The molecule has 1 saturated carbocycles. The second-order valence-electron chi connectivity index (χ2n) is 6.12. The molecule has 1 amide bonds. The van der Waals surface area contributed by atoms with Crippen molar-refractivity contribution in [2.24, 2.45) is 0 Å². The number of nitro benzene ring substituents is 1. The van der Waals surface area contributed by atoms with Crippen molar-refractivity contribution in [3.63, 3.8) is 0 Å². The van der Waals surface area contributed by atoms with E-state index < -0.39 is 11.0 Å². The first-order chi connectivity index (χ1) is 12.1. The van der Waals surface area contributed by atoms with Crippen molar-refractivity contribution < 1.29 is 14.5 Å². The zero-order valence-corrected chi connectivity index (χ0v) is 13.8. The van der Waals surface area contributed by atoms with Crippen LogP contribution >= 0.6 is 0 Å². The maximum atomic E-state index is 12.7. The van der Waals surface area contributed by atoms with Crippen molar-refractivity contribution in [2.45, 2.75) is 38.3 Å². The highest BCUT2D eigenvalue weighted by Gasteiger charge is 2.29. The van der Waals surface area contributed by atoms with Gasteiger partial charge in [-0.3, -0.25) is 15.0 Å². The number of nitrogens with zero attached hydrogens (tertiary/aromatic N) is 2. The average Bonchev–Trinajstić information content (AvgIpc) is 3.16. The third kappa shape index (κ3) is 4.15. The highest BCUT2D eigenvalue weighted by atomic mass is 16.6. The van der Waals surface area contributed by atoms with E-state index in [9.17, 15) is 14.9 Å². The van der Waals surface area contributed by atoms with E-state index in [0.717, 1.165) is 31.2 Å². The van der Waals surface area contributed by atoms with Crippen LogP contribution in [0.15, 0.2) is 54.6 Å². The Morgan fingerprint density at radius 3 is 2.32 bits per heavy atom. The number of rotatable bonds is 5. The van der Waals surface area contributed by atoms with Crippen LogP contribution < -0.4 is 4.90 Å². The highest BCUT2D eigenvalue weighted by molar-refractivity contribution is 5.88. The molecule has 0 aliphatic heterocycles. The summed E-state index contributed by atoms with van der Waals surface area (Å²) in [4.78, 5) is 24.7. The van der Waals surface area contributed by atoms with E-state index in [-0.39, 0.29) is 18.3 Å². The van der Waals surface area contributed by atoms with E-state index in [0.29, 0.717) is 5.69 Å². The molecule has 1 aliphatic carbocycles. The number of ether oxygens (including phenoxy) is 1. The molecule has 1 fully saturated rings. The summed E-state index contributed by atoms with van der Waals surface area (Å²) < 4.78 is 5.49. The van der Waals surface area contributed by atoms with Crippen molar-refractivity contribution in [3.05, 3.63) is 70.3 Å². The monoisotopic (exact) mass is 340 g/mol. The minimum Gasteiger partial charge on any atom is -0.444 e. The fourth-order valence-electron chi connectivity index (χ4n) is 3.15. The van der Waals surface area contributed by atoms with Crippen LogP contribution in [0.3, 0.4) is 0 Å². The summed E-state index contributed by atoms with van der Waals surface area (Å²) in [6.45, 7) is 0.204. The Morgan fingerprint density at radius 2 is 1.72 bits per heavy atom.